The van der Waals surface area contributed by atoms with Crippen LogP contribution in [0, 0.1) is 0 Å². The van der Waals surface area contributed by atoms with E-state index >= 15 is 0 Å². The number of ether oxygens (including phenoxy) is 3. The van der Waals surface area contributed by atoms with Crippen molar-refractivity contribution in [3.05, 3.63) is 29.8 Å². The molecule has 0 aliphatic rings. The van der Waals surface area contributed by atoms with Gasteiger partial charge in [-0.3, -0.25) is 4.79 Å². The molecule has 0 bridgehead atoms. The number of methoxy groups -OCH3 is 1. The van der Waals surface area contributed by atoms with Crippen LogP contribution in [0.25, 0.3) is 0 Å². The number of rotatable bonds is 12. The van der Waals surface area contributed by atoms with Gasteiger partial charge >= 0.3 is 6.09 Å². The molecule has 1 aromatic carbocycles. The minimum atomic E-state index is -0.524. The molecule has 1 rings (SSSR count). The highest BCUT2D eigenvalue weighted by Crippen LogP contribution is 2.17. The van der Waals surface area contributed by atoms with Crippen LogP contribution in [0.4, 0.5) is 4.79 Å². The Morgan fingerprint density at radius 3 is 2.44 bits per heavy atom. The Morgan fingerprint density at radius 1 is 1.12 bits per heavy atom. The third-order valence-electron chi connectivity index (χ3n) is 2.88. The fraction of sp³-hybridized carbons (Fsp3) is 0.500. The van der Waals surface area contributed by atoms with Crippen LogP contribution in [0.15, 0.2) is 24.3 Å². The smallest absolute Gasteiger partial charge is 0.410 e. The van der Waals surface area contributed by atoms with E-state index in [0.29, 0.717) is 32.1 Å². The predicted octanol–water partition coefficient (Wildman–Crippen LogP) is 1.62. The lowest BCUT2D eigenvalue weighted by molar-refractivity contribution is -0.124. The zero-order valence-electron chi connectivity index (χ0n) is 14.3. The minimum Gasteiger partial charge on any atom is -0.410 e. The first-order valence-corrected chi connectivity index (χ1v) is 9.78. The zero-order chi connectivity index (χ0) is 18.3. The van der Waals surface area contributed by atoms with Gasteiger partial charge in [-0.15, -0.1) is 9.24 Å². The highest BCUT2D eigenvalue weighted by Gasteiger charge is 2.04. The third kappa shape index (κ3) is 11.0. The van der Waals surface area contributed by atoms with Gasteiger partial charge < -0.3 is 24.8 Å². The maximum Gasteiger partial charge on any atom is 0.412 e. The topological polar surface area (TPSA) is 85.9 Å². The van der Waals surface area contributed by atoms with Gasteiger partial charge in [0.15, 0.2) is 0 Å². The van der Waals surface area contributed by atoms with Crippen molar-refractivity contribution >= 4 is 33.0 Å². The Hall–Kier alpha value is -1.34. The van der Waals surface area contributed by atoms with E-state index in [0.717, 1.165) is 11.2 Å². The van der Waals surface area contributed by atoms with Crippen molar-refractivity contribution in [3.63, 3.8) is 0 Å². The number of carbonyl (C=O) groups is 2. The number of carbonyl (C=O) groups excluding carboxylic acids is 2. The maximum atomic E-state index is 11.7. The molecule has 0 heterocycles. The van der Waals surface area contributed by atoms with Gasteiger partial charge in [-0.2, -0.15) is 11.8 Å². The first kappa shape index (κ1) is 21.7. The summed E-state index contributed by atoms with van der Waals surface area (Å²) in [6.45, 7) is 1.45. The lowest BCUT2D eigenvalue weighted by Crippen LogP contribution is -2.32. The molecule has 0 saturated carbocycles. The molecule has 1 aromatic rings. The lowest BCUT2D eigenvalue weighted by atomic mass is 10.2. The quantitative estimate of drug-likeness (QED) is 0.418. The van der Waals surface area contributed by atoms with E-state index < -0.39 is 6.09 Å². The second kappa shape index (κ2) is 13.9. The number of nitrogens with one attached hydrogen (secondary N) is 2. The first-order chi connectivity index (χ1) is 12.2. The van der Waals surface area contributed by atoms with E-state index in [2.05, 4.69) is 24.6 Å². The van der Waals surface area contributed by atoms with E-state index in [9.17, 15) is 9.59 Å². The van der Waals surface area contributed by atoms with Gasteiger partial charge in [0, 0.05) is 31.4 Å². The van der Waals surface area contributed by atoms with E-state index in [4.69, 9.17) is 9.47 Å². The van der Waals surface area contributed by atoms with E-state index in [1.807, 2.05) is 12.1 Å². The molecule has 0 aliphatic carbocycles. The molecule has 2 amide bonds. The third-order valence-corrected chi connectivity index (χ3v) is 4.36. The Bertz CT molecular complexity index is 516. The standard InChI is InChI=1S/C16H25N2O5PS/c1-21-10-15(19)17-6-8-22-9-7-18-16(20)23-14-4-2-13(3-5-14)11-25-12-24/h2-5H,6-12,24H2,1H3,(H,17,19)(H,18,20). The molecule has 0 aromatic heterocycles. The number of thioether (sulfide) groups is 1. The molecule has 25 heavy (non-hydrogen) atoms. The van der Waals surface area contributed by atoms with E-state index in [1.54, 1.807) is 23.9 Å². The van der Waals surface area contributed by atoms with Crippen LogP contribution in [-0.2, 0) is 20.0 Å². The Morgan fingerprint density at radius 2 is 1.80 bits per heavy atom. The van der Waals surface area contributed by atoms with Crippen LogP contribution >= 0.6 is 21.0 Å². The van der Waals surface area contributed by atoms with Gasteiger partial charge in [-0.1, -0.05) is 12.1 Å². The molecule has 1 unspecified atom stereocenters. The number of benzene rings is 1. The summed E-state index contributed by atoms with van der Waals surface area (Å²) in [7, 11) is 4.13. The molecule has 0 spiro atoms. The lowest BCUT2D eigenvalue weighted by Gasteiger charge is -2.08. The van der Waals surface area contributed by atoms with Crippen LogP contribution in [0.2, 0.25) is 0 Å². The first-order valence-electron chi connectivity index (χ1n) is 7.81. The van der Waals surface area contributed by atoms with Crippen LogP contribution in [0.3, 0.4) is 0 Å². The number of hydrogen-bond acceptors (Lipinski definition) is 6. The molecule has 7 nitrogen and oxygen atoms in total. The van der Waals surface area contributed by atoms with Gasteiger partial charge in [0.2, 0.25) is 5.91 Å². The van der Waals surface area contributed by atoms with E-state index in [-0.39, 0.29) is 12.5 Å². The molecule has 0 radical (unpaired) electrons. The maximum absolute atomic E-state index is 11.7. The van der Waals surface area contributed by atoms with Crippen LogP contribution in [0.5, 0.6) is 5.75 Å². The molecule has 2 N–H and O–H groups in total. The Kier molecular flexibility index (Phi) is 12.1. The van der Waals surface area contributed by atoms with Crippen molar-refractivity contribution < 1.29 is 23.8 Å². The average molecular weight is 388 g/mol. The van der Waals surface area contributed by atoms with Crippen molar-refractivity contribution in [1.29, 1.82) is 0 Å². The largest absolute Gasteiger partial charge is 0.412 e. The van der Waals surface area contributed by atoms with Gasteiger partial charge in [0.25, 0.3) is 0 Å². The predicted molar refractivity (Wildman–Crippen MR) is 102 cm³/mol. The normalized spacial score (nSPS) is 10.3. The summed E-state index contributed by atoms with van der Waals surface area (Å²) in [5.74, 6) is 1.24. The molecule has 0 fully saturated rings. The molecular formula is C16H25N2O5PS. The average Bonchev–Trinajstić information content (AvgIpc) is 2.60. The Labute approximate surface area is 154 Å². The minimum absolute atomic E-state index is 0.0326. The zero-order valence-corrected chi connectivity index (χ0v) is 16.3. The van der Waals surface area contributed by atoms with Crippen LogP contribution < -0.4 is 15.4 Å². The summed E-state index contributed by atoms with van der Waals surface area (Å²) >= 11 is 1.80. The summed E-state index contributed by atoms with van der Waals surface area (Å²) in [6.07, 6.45) is -0.524. The van der Waals surface area contributed by atoms with Crippen molar-refractivity contribution in [3.8, 4) is 5.75 Å². The van der Waals surface area contributed by atoms with E-state index in [1.165, 1.54) is 12.7 Å². The molecule has 140 valence electrons. The second-order valence-electron chi connectivity index (χ2n) is 4.87. The van der Waals surface area contributed by atoms with Crippen molar-refractivity contribution in [1.82, 2.24) is 10.6 Å². The summed E-state index contributed by atoms with van der Waals surface area (Å²) in [6, 6.07) is 7.43. The molecule has 0 saturated heterocycles. The van der Waals surface area contributed by atoms with Crippen molar-refractivity contribution in [2.45, 2.75) is 5.75 Å². The number of amides is 2. The fourth-order valence-electron chi connectivity index (χ4n) is 1.75. The summed E-state index contributed by atoms with van der Waals surface area (Å²) < 4.78 is 15.1. The molecule has 0 aliphatic heterocycles. The van der Waals surface area contributed by atoms with Crippen LogP contribution in [0.1, 0.15) is 5.56 Å². The fourth-order valence-corrected chi connectivity index (χ4v) is 2.65. The van der Waals surface area contributed by atoms with Gasteiger partial charge in [0.05, 0.1) is 13.2 Å². The monoisotopic (exact) mass is 388 g/mol. The molecular weight excluding hydrogens is 363 g/mol. The van der Waals surface area contributed by atoms with Gasteiger partial charge in [-0.25, -0.2) is 4.79 Å². The molecule has 1 atom stereocenters. The van der Waals surface area contributed by atoms with Crippen molar-refractivity contribution in [2.75, 3.05) is 45.5 Å². The second-order valence-corrected chi connectivity index (χ2v) is 6.90. The summed E-state index contributed by atoms with van der Waals surface area (Å²) in [4.78, 5) is 22.8. The summed E-state index contributed by atoms with van der Waals surface area (Å²) in [5.41, 5.74) is 2.17. The summed E-state index contributed by atoms with van der Waals surface area (Å²) in [5, 5.41) is 5.23. The van der Waals surface area contributed by atoms with Gasteiger partial charge in [-0.05, 0) is 17.7 Å². The van der Waals surface area contributed by atoms with Gasteiger partial charge in [0.1, 0.15) is 12.4 Å². The van der Waals surface area contributed by atoms with Crippen LogP contribution in [-0.4, -0.2) is 57.5 Å². The Balaban J connectivity index is 2.08. The molecule has 9 heteroatoms. The van der Waals surface area contributed by atoms with Crippen molar-refractivity contribution in [2.24, 2.45) is 0 Å². The number of hydrogen-bond donors (Lipinski definition) is 2. The SMILES string of the molecule is COCC(=O)NCCOCCNC(=O)Oc1ccc(CSCP)cc1. The highest BCUT2D eigenvalue weighted by atomic mass is 32.2. The highest BCUT2D eigenvalue weighted by molar-refractivity contribution is 8.01.